The minimum absolute atomic E-state index is 0.145. The first kappa shape index (κ1) is 18.4. The van der Waals surface area contributed by atoms with Crippen molar-refractivity contribution in [2.45, 2.75) is 72.1 Å². The molecule has 1 rings (SSSR count). The van der Waals surface area contributed by atoms with Gasteiger partial charge in [0.25, 0.3) is 0 Å². The van der Waals surface area contributed by atoms with Gasteiger partial charge in [0, 0.05) is 12.6 Å². The van der Waals surface area contributed by atoms with E-state index >= 15 is 0 Å². The predicted molar refractivity (Wildman–Crippen MR) is 89.1 cm³/mol. The van der Waals surface area contributed by atoms with Crippen molar-refractivity contribution in [1.82, 2.24) is 15.1 Å². The van der Waals surface area contributed by atoms with Crippen molar-refractivity contribution >= 4 is 5.91 Å². The molecule has 0 aliphatic carbocycles. The van der Waals surface area contributed by atoms with E-state index in [2.05, 4.69) is 63.8 Å². The van der Waals surface area contributed by atoms with Crippen molar-refractivity contribution in [2.24, 2.45) is 11.8 Å². The van der Waals surface area contributed by atoms with Crippen molar-refractivity contribution in [2.75, 3.05) is 20.6 Å². The summed E-state index contributed by atoms with van der Waals surface area (Å²) in [6.07, 6.45) is 2.03. The van der Waals surface area contributed by atoms with Gasteiger partial charge in [-0.2, -0.15) is 0 Å². The molecular weight excluding hydrogens is 262 g/mol. The Labute approximate surface area is 131 Å². The number of rotatable bonds is 7. The molecule has 1 aliphatic rings. The van der Waals surface area contributed by atoms with Crippen LogP contribution in [0.2, 0.25) is 0 Å². The normalized spacial score (nSPS) is 28.2. The fourth-order valence-corrected chi connectivity index (χ4v) is 3.24. The highest BCUT2D eigenvalue weighted by atomic mass is 16.2. The van der Waals surface area contributed by atoms with E-state index in [0.29, 0.717) is 11.8 Å². The van der Waals surface area contributed by atoms with Gasteiger partial charge in [-0.05, 0) is 45.7 Å². The molecule has 0 aromatic rings. The van der Waals surface area contributed by atoms with Crippen molar-refractivity contribution in [3.05, 3.63) is 0 Å². The average molecular weight is 297 g/mol. The molecule has 0 radical (unpaired) electrons. The average Bonchev–Trinajstić information content (AvgIpc) is 2.61. The number of amides is 1. The Morgan fingerprint density at radius 1 is 1.29 bits per heavy atom. The largest absolute Gasteiger partial charge is 0.321 e. The highest BCUT2D eigenvalue weighted by Crippen LogP contribution is 2.31. The van der Waals surface area contributed by atoms with Crippen LogP contribution in [0.4, 0.5) is 0 Å². The number of likely N-dealkylation sites (N-methyl/N-ethyl adjacent to an activating group) is 1. The summed E-state index contributed by atoms with van der Waals surface area (Å²) in [6.45, 7) is 13.9. The molecule has 0 aromatic heterocycles. The summed E-state index contributed by atoms with van der Waals surface area (Å²) in [6, 6.07) is 0.278. The van der Waals surface area contributed by atoms with Gasteiger partial charge in [-0.1, -0.05) is 34.6 Å². The molecule has 124 valence electrons. The third-order valence-corrected chi connectivity index (χ3v) is 4.52. The molecule has 1 N–H and O–H groups in total. The highest BCUT2D eigenvalue weighted by Gasteiger charge is 2.49. The molecule has 1 amide bonds. The molecule has 0 aromatic carbocycles. The Morgan fingerprint density at radius 3 is 2.24 bits per heavy atom. The number of nitrogens with zero attached hydrogens (tertiary/aromatic N) is 2. The van der Waals surface area contributed by atoms with Gasteiger partial charge in [-0.15, -0.1) is 0 Å². The third kappa shape index (κ3) is 4.19. The molecular formula is C17H35N3O. The summed E-state index contributed by atoms with van der Waals surface area (Å²) in [7, 11) is 4.18. The maximum atomic E-state index is 13.0. The Balaban J connectivity index is 3.08. The molecule has 3 unspecified atom stereocenters. The molecule has 0 bridgehead atoms. The van der Waals surface area contributed by atoms with E-state index in [1.807, 2.05) is 6.92 Å². The predicted octanol–water partition coefficient (Wildman–Crippen LogP) is 2.55. The van der Waals surface area contributed by atoms with Gasteiger partial charge >= 0.3 is 0 Å². The molecule has 4 nitrogen and oxygen atoms in total. The summed E-state index contributed by atoms with van der Waals surface area (Å²) < 4.78 is 0. The summed E-state index contributed by atoms with van der Waals surface area (Å²) in [5.74, 6) is 1.28. The first-order chi connectivity index (χ1) is 9.62. The zero-order chi connectivity index (χ0) is 16.4. The molecule has 1 aliphatic heterocycles. The van der Waals surface area contributed by atoms with Crippen LogP contribution in [-0.2, 0) is 4.79 Å². The lowest BCUT2D eigenvalue weighted by molar-refractivity contribution is -0.136. The first-order valence-corrected chi connectivity index (χ1v) is 8.37. The van der Waals surface area contributed by atoms with Gasteiger partial charge in [0.05, 0.1) is 11.7 Å². The summed E-state index contributed by atoms with van der Waals surface area (Å²) in [4.78, 5) is 17.4. The second-order valence-electron chi connectivity index (χ2n) is 7.78. The topological polar surface area (TPSA) is 35.6 Å². The van der Waals surface area contributed by atoms with Crippen LogP contribution in [0.1, 0.15) is 54.4 Å². The van der Waals surface area contributed by atoms with E-state index in [4.69, 9.17) is 0 Å². The van der Waals surface area contributed by atoms with Gasteiger partial charge in [0.15, 0.2) is 0 Å². The van der Waals surface area contributed by atoms with Crippen molar-refractivity contribution in [3.8, 4) is 0 Å². The SMILES string of the molecule is CCC1(C)NC(C(C)C)N(C(CC(C)C)CN(C)C)C1=O. The van der Waals surface area contributed by atoms with Gasteiger partial charge in [0.1, 0.15) is 0 Å². The molecule has 4 heteroatoms. The highest BCUT2D eigenvalue weighted by molar-refractivity contribution is 5.88. The Morgan fingerprint density at radius 2 is 1.86 bits per heavy atom. The minimum Gasteiger partial charge on any atom is -0.321 e. The van der Waals surface area contributed by atoms with Crippen LogP contribution < -0.4 is 5.32 Å². The number of hydrogen-bond acceptors (Lipinski definition) is 3. The lowest BCUT2D eigenvalue weighted by atomic mass is 9.97. The van der Waals surface area contributed by atoms with E-state index in [9.17, 15) is 4.79 Å². The minimum atomic E-state index is -0.406. The van der Waals surface area contributed by atoms with Crippen molar-refractivity contribution in [1.29, 1.82) is 0 Å². The lowest BCUT2D eigenvalue weighted by Gasteiger charge is -2.37. The van der Waals surface area contributed by atoms with E-state index < -0.39 is 5.54 Å². The zero-order valence-electron chi connectivity index (χ0n) is 15.2. The molecule has 21 heavy (non-hydrogen) atoms. The van der Waals surface area contributed by atoms with Crippen LogP contribution in [0.3, 0.4) is 0 Å². The van der Waals surface area contributed by atoms with Crippen molar-refractivity contribution in [3.63, 3.8) is 0 Å². The molecule has 0 saturated carbocycles. The first-order valence-electron chi connectivity index (χ1n) is 8.37. The van der Waals surface area contributed by atoms with E-state index in [0.717, 1.165) is 19.4 Å². The molecule has 1 saturated heterocycles. The number of carbonyl (C=O) groups excluding carboxylic acids is 1. The Hall–Kier alpha value is -0.610. The molecule has 1 heterocycles. The van der Waals surface area contributed by atoms with Crippen LogP contribution >= 0.6 is 0 Å². The summed E-state index contributed by atoms with van der Waals surface area (Å²) in [5.41, 5.74) is -0.406. The van der Waals surface area contributed by atoms with Crippen molar-refractivity contribution < 1.29 is 4.79 Å². The second-order valence-corrected chi connectivity index (χ2v) is 7.78. The summed E-state index contributed by atoms with van der Waals surface area (Å²) >= 11 is 0. The number of carbonyl (C=O) groups is 1. The third-order valence-electron chi connectivity index (χ3n) is 4.52. The van der Waals surface area contributed by atoms with E-state index in [1.165, 1.54) is 0 Å². The van der Waals surface area contributed by atoms with Gasteiger partial charge < -0.3 is 9.80 Å². The van der Waals surface area contributed by atoms with Gasteiger partial charge in [0.2, 0.25) is 5.91 Å². The number of nitrogens with one attached hydrogen (secondary N) is 1. The van der Waals surface area contributed by atoms with E-state index in [1.54, 1.807) is 0 Å². The van der Waals surface area contributed by atoms with Crippen LogP contribution in [0, 0.1) is 11.8 Å². The fourth-order valence-electron chi connectivity index (χ4n) is 3.24. The fraction of sp³-hybridized carbons (Fsp3) is 0.941. The summed E-state index contributed by atoms with van der Waals surface area (Å²) in [5, 5.41) is 3.60. The zero-order valence-corrected chi connectivity index (χ0v) is 15.2. The van der Waals surface area contributed by atoms with Gasteiger partial charge in [-0.25, -0.2) is 0 Å². The second kappa shape index (κ2) is 7.10. The number of hydrogen-bond donors (Lipinski definition) is 1. The Bertz CT molecular complexity index is 344. The maximum Gasteiger partial charge on any atom is 0.244 e. The van der Waals surface area contributed by atoms with Crippen LogP contribution in [-0.4, -0.2) is 54.1 Å². The van der Waals surface area contributed by atoms with Crippen LogP contribution in [0.25, 0.3) is 0 Å². The molecule has 3 atom stereocenters. The molecule has 0 spiro atoms. The quantitative estimate of drug-likeness (QED) is 0.784. The lowest BCUT2D eigenvalue weighted by Crippen LogP contribution is -2.51. The monoisotopic (exact) mass is 297 g/mol. The van der Waals surface area contributed by atoms with Crippen LogP contribution in [0.15, 0.2) is 0 Å². The Kier molecular flexibility index (Phi) is 6.23. The maximum absolute atomic E-state index is 13.0. The smallest absolute Gasteiger partial charge is 0.244 e. The standard InChI is InChI=1S/C17H35N3O/c1-9-17(6)16(21)20(15(18-17)13(4)5)14(10-12(2)3)11-19(7)8/h12-15,18H,9-11H2,1-8H3. The van der Waals surface area contributed by atoms with E-state index in [-0.39, 0.29) is 18.1 Å². The van der Waals surface area contributed by atoms with Gasteiger partial charge in [-0.3, -0.25) is 10.1 Å². The van der Waals surface area contributed by atoms with Crippen LogP contribution in [0.5, 0.6) is 0 Å². The molecule has 1 fully saturated rings.